The molecule has 1 aliphatic rings. The molecule has 138 valence electrons. The van der Waals surface area contributed by atoms with Gasteiger partial charge in [-0.05, 0) is 11.6 Å². The molecule has 0 radical (unpaired) electrons. The second-order valence-electron chi connectivity index (χ2n) is 5.98. The van der Waals surface area contributed by atoms with Crippen LogP contribution in [0.25, 0.3) is 11.2 Å². The molecule has 0 aliphatic carbocycles. The summed E-state index contributed by atoms with van der Waals surface area (Å²) in [7, 11) is 1.80. The zero-order valence-electron chi connectivity index (χ0n) is 14.7. The molecular weight excluding hydrogens is 346 g/mol. The van der Waals surface area contributed by atoms with E-state index >= 15 is 0 Å². The van der Waals surface area contributed by atoms with Crippen LogP contribution in [0.1, 0.15) is 17.0 Å². The Hall–Kier alpha value is -3.50. The van der Waals surface area contributed by atoms with Crippen LogP contribution in [0.15, 0.2) is 36.9 Å². The lowest BCUT2D eigenvalue weighted by Crippen LogP contribution is -2.63. The van der Waals surface area contributed by atoms with Gasteiger partial charge in [-0.2, -0.15) is 0 Å². The third-order valence-electron chi connectivity index (χ3n) is 4.24. The summed E-state index contributed by atoms with van der Waals surface area (Å²) < 4.78 is 1.87. The molecule has 0 saturated carbocycles. The number of fused-ring (bicyclic) bond motifs is 2. The van der Waals surface area contributed by atoms with Crippen LogP contribution in [-0.2, 0) is 13.2 Å². The summed E-state index contributed by atoms with van der Waals surface area (Å²) in [6.07, 6.45) is 8.52. The zero-order valence-corrected chi connectivity index (χ0v) is 14.7. The molecule has 10 nitrogen and oxygen atoms in total. The second kappa shape index (κ2) is 7.02. The van der Waals surface area contributed by atoms with Gasteiger partial charge in [0.2, 0.25) is 0 Å². The van der Waals surface area contributed by atoms with Gasteiger partial charge in [-0.1, -0.05) is 6.07 Å². The lowest BCUT2D eigenvalue weighted by molar-refractivity contribution is -0.412. The maximum absolute atomic E-state index is 9.44. The lowest BCUT2D eigenvalue weighted by atomic mass is 10.2. The number of aromatic nitrogens is 4. The number of aliphatic hydroxyl groups excluding tert-OH is 1. The Morgan fingerprint density at radius 2 is 2.22 bits per heavy atom. The number of nitrogens with zero attached hydrogens (tertiary/aromatic N) is 5. The molecule has 0 amide bonds. The van der Waals surface area contributed by atoms with Crippen molar-refractivity contribution in [3.63, 3.8) is 0 Å². The van der Waals surface area contributed by atoms with Crippen molar-refractivity contribution in [1.29, 1.82) is 0 Å². The molecule has 4 rings (SSSR count). The van der Waals surface area contributed by atoms with Crippen LogP contribution in [0.4, 0.5) is 11.6 Å². The summed E-state index contributed by atoms with van der Waals surface area (Å²) in [5.41, 5.74) is 15.7. The van der Waals surface area contributed by atoms with Crippen LogP contribution in [-0.4, -0.2) is 37.7 Å². The van der Waals surface area contributed by atoms with Crippen LogP contribution >= 0.6 is 0 Å². The number of hydrazine groups is 2. The van der Waals surface area contributed by atoms with Crippen LogP contribution < -0.4 is 26.7 Å². The first kappa shape index (κ1) is 16.9. The number of nitrogens with one attached hydrogen (secondary N) is 3. The largest absolute Gasteiger partial charge is 0.404 e. The van der Waals surface area contributed by atoms with Gasteiger partial charge in [0.15, 0.2) is 17.9 Å². The van der Waals surface area contributed by atoms with Crippen molar-refractivity contribution < 1.29 is 10.1 Å². The number of hydrogen-bond acceptors (Lipinski definition) is 8. The molecule has 0 unspecified atom stereocenters. The highest BCUT2D eigenvalue weighted by Gasteiger charge is 2.23. The number of allylic oxidation sites excluding steroid dienone is 1. The van der Waals surface area contributed by atoms with Crippen molar-refractivity contribution in [2.75, 3.05) is 17.5 Å². The third kappa shape index (κ3) is 3.07. The standard InChI is InChI=1S/C17H19N9O/c1-19-5-12(4-18)14-7-21-16-17(22-14)26(24-23-16)9-11-2-3-15-20-6-13(10-27)25(15)8-11/h2-8,24,27H,9-10,18H2,1H3,(H,21,23)/p+1. The Bertz CT molecular complexity index is 1040. The normalized spacial score (nSPS) is 14.1. The van der Waals surface area contributed by atoms with Gasteiger partial charge in [-0.3, -0.25) is 15.4 Å². The molecule has 10 heteroatoms. The molecule has 0 aromatic carbocycles. The lowest BCUT2D eigenvalue weighted by Gasteiger charge is -2.17. The molecule has 0 fully saturated rings. The molecule has 0 spiro atoms. The molecule has 0 saturated heterocycles. The molecule has 1 aliphatic heterocycles. The van der Waals surface area contributed by atoms with Crippen LogP contribution in [0, 0.1) is 0 Å². The molecule has 3 aromatic rings. The van der Waals surface area contributed by atoms with Gasteiger partial charge in [0.25, 0.3) is 0 Å². The van der Waals surface area contributed by atoms with Crippen LogP contribution in [0.5, 0.6) is 0 Å². The first-order valence-corrected chi connectivity index (χ1v) is 8.38. The predicted octanol–water partition coefficient (Wildman–Crippen LogP) is -1.45. The van der Waals surface area contributed by atoms with Crippen molar-refractivity contribution in [2.45, 2.75) is 13.2 Å². The molecule has 0 atom stereocenters. The Labute approximate surface area is 155 Å². The van der Waals surface area contributed by atoms with Gasteiger partial charge in [-0.15, -0.1) is 5.53 Å². The fraction of sp³-hybridized carbons (Fsp3) is 0.176. The molecule has 4 heterocycles. The Kier molecular flexibility index (Phi) is 4.40. The number of pyridine rings is 1. The SMILES string of the molecule is C[NH+]=CC(=CN)c1cnc2c(n1)N(Cc1ccc3ncc(CO)n3c1)NN2. The smallest absolute Gasteiger partial charge is 0.190 e. The Morgan fingerprint density at radius 3 is 3.00 bits per heavy atom. The van der Waals surface area contributed by atoms with E-state index in [0.29, 0.717) is 23.9 Å². The fourth-order valence-corrected chi connectivity index (χ4v) is 2.91. The first-order chi connectivity index (χ1) is 13.2. The monoisotopic (exact) mass is 366 g/mol. The number of aliphatic hydroxyl groups is 1. The first-order valence-electron chi connectivity index (χ1n) is 8.38. The maximum Gasteiger partial charge on any atom is 0.190 e. The second-order valence-corrected chi connectivity index (χ2v) is 5.98. The Morgan fingerprint density at radius 1 is 1.33 bits per heavy atom. The molecule has 3 aromatic heterocycles. The van der Waals surface area contributed by atoms with Gasteiger partial charge in [0, 0.05) is 12.4 Å². The van der Waals surface area contributed by atoms with Gasteiger partial charge in [-0.25, -0.2) is 15.0 Å². The van der Waals surface area contributed by atoms with Gasteiger partial charge >= 0.3 is 0 Å². The van der Waals surface area contributed by atoms with Crippen molar-refractivity contribution in [1.82, 2.24) is 24.9 Å². The number of anilines is 2. The molecule has 0 bridgehead atoms. The zero-order chi connectivity index (χ0) is 18.8. The number of nitrogens with two attached hydrogens (primary N) is 1. The van der Waals surface area contributed by atoms with E-state index in [0.717, 1.165) is 22.5 Å². The number of imidazole rings is 1. The maximum atomic E-state index is 9.44. The third-order valence-corrected chi connectivity index (χ3v) is 4.24. The minimum Gasteiger partial charge on any atom is -0.404 e. The van der Waals surface area contributed by atoms with Gasteiger partial charge < -0.3 is 15.2 Å². The van der Waals surface area contributed by atoms with E-state index in [4.69, 9.17) is 5.73 Å². The Balaban J connectivity index is 1.64. The van der Waals surface area contributed by atoms with Crippen molar-refractivity contribution in [3.05, 3.63) is 53.9 Å². The highest BCUT2D eigenvalue weighted by atomic mass is 16.3. The van der Waals surface area contributed by atoms with Crippen LogP contribution in [0.3, 0.4) is 0 Å². The molecule has 27 heavy (non-hydrogen) atoms. The topological polar surface area (TPSA) is 131 Å². The van der Waals surface area contributed by atoms with E-state index in [-0.39, 0.29) is 6.61 Å². The van der Waals surface area contributed by atoms with E-state index in [1.165, 1.54) is 6.20 Å². The minimum atomic E-state index is -0.0675. The average Bonchev–Trinajstić information content (AvgIpc) is 3.29. The number of hydrogen-bond donors (Lipinski definition) is 5. The highest BCUT2D eigenvalue weighted by molar-refractivity contribution is 6.06. The summed E-state index contributed by atoms with van der Waals surface area (Å²) in [5.74, 6) is 1.31. The quantitative estimate of drug-likeness (QED) is 0.347. The average molecular weight is 366 g/mol. The van der Waals surface area contributed by atoms with Gasteiger partial charge in [0.05, 0.1) is 42.5 Å². The molecular formula is C17H20N9O+. The summed E-state index contributed by atoms with van der Waals surface area (Å²) in [6.45, 7) is 0.469. The number of rotatable bonds is 5. The highest BCUT2D eigenvalue weighted by Crippen LogP contribution is 2.27. The summed E-state index contributed by atoms with van der Waals surface area (Å²) in [5, 5.41) is 11.3. The summed E-state index contributed by atoms with van der Waals surface area (Å²) >= 11 is 0. The van der Waals surface area contributed by atoms with Crippen molar-refractivity contribution in [3.8, 4) is 0 Å². The van der Waals surface area contributed by atoms with E-state index in [2.05, 4.69) is 30.9 Å². The summed E-state index contributed by atoms with van der Waals surface area (Å²) in [6, 6.07) is 3.90. The van der Waals surface area contributed by atoms with E-state index in [1.54, 1.807) is 25.7 Å². The fourth-order valence-electron chi connectivity index (χ4n) is 2.91. The van der Waals surface area contributed by atoms with E-state index in [9.17, 15) is 5.11 Å². The van der Waals surface area contributed by atoms with E-state index < -0.39 is 0 Å². The predicted molar refractivity (Wildman–Crippen MR) is 101 cm³/mol. The summed E-state index contributed by atoms with van der Waals surface area (Å²) in [4.78, 5) is 16.3. The minimum absolute atomic E-state index is 0.0675. The van der Waals surface area contributed by atoms with Crippen molar-refractivity contribution >= 4 is 29.1 Å². The molecule has 6 N–H and O–H groups in total. The van der Waals surface area contributed by atoms with E-state index in [1.807, 2.05) is 27.7 Å². The van der Waals surface area contributed by atoms with Crippen LogP contribution in [0.2, 0.25) is 0 Å². The van der Waals surface area contributed by atoms with Crippen molar-refractivity contribution in [2.24, 2.45) is 5.73 Å². The van der Waals surface area contributed by atoms with Gasteiger partial charge in [0.1, 0.15) is 12.7 Å².